The highest BCUT2D eigenvalue weighted by Gasteiger charge is 2.44. The lowest BCUT2D eigenvalue weighted by atomic mass is 9.59. The molecule has 0 spiro atoms. The van der Waals surface area contributed by atoms with Gasteiger partial charge in [-0.25, -0.2) is 0 Å². The molecule has 0 bridgehead atoms. The Hall–Kier alpha value is -0.500. The minimum atomic E-state index is -0.229. The van der Waals surface area contributed by atoms with Gasteiger partial charge < -0.3 is 10.1 Å². The van der Waals surface area contributed by atoms with Crippen LogP contribution in [0.2, 0.25) is 0 Å². The molecule has 0 heterocycles. The van der Waals surface area contributed by atoms with Crippen LogP contribution in [0.3, 0.4) is 0 Å². The second-order valence-corrected chi connectivity index (χ2v) is 8.55. The van der Waals surface area contributed by atoms with E-state index >= 15 is 0 Å². The summed E-state index contributed by atoms with van der Waals surface area (Å²) < 4.78 is 6.23. The first-order valence-corrected chi connectivity index (χ1v) is 7.78. The molecule has 2 heteroatoms. The number of likely N-dealkylation sites (N-methyl/N-ethyl adjacent to an activating group) is 1. The van der Waals surface area contributed by atoms with Gasteiger partial charge in [-0.1, -0.05) is 55.0 Å². The van der Waals surface area contributed by atoms with Gasteiger partial charge in [-0.15, -0.1) is 0 Å². The number of hydrogen-bond acceptors (Lipinski definition) is 2. The monoisotopic (exact) mass is 283 g/mol. The third-order valence-corrected chi connectivity index (χ3v) is 4.73. The summed E-state index contributed by atoms with van der Waals surface area (Å²) in [5.41, 5.74) is 0.0856. The van der Waals surface area contributed by atoms with Crippen LogP contribution in [-0.4, -0.2) is 19.2 Å². The number of ether oxygens (including phenoxy) is 1. The average molecular weight is 284 g/mol. The van der Waals surface area contributed by atoms with Crippen LogP contribution in [0, 0.1) is 22.7 Å². The molecule has 2 nitrogen and oxygen atoms in total. The van der Waals surface area contributed by atoms with E-state index in [2.05, 4.69) is 74.2 Å². The highest BCUT2D eigenvalue weighted by atomic mass is 16.5. The van der Waals surface area contributed by atoms with Crippen molar-refractivity contribution in [1.29, 1.82) is 0 Å². The smallest absolute Gasteiger partial charge is 0.115 e. The van der Waals surface area contributed by atoms with Gasteiger partial charge in [0.2, 0.25) is 0 Å². The molecule has 0 aromatic heterocycles. The Morgan fingerprint density at radius 1 is 1.05 bits per heavy atom. The molecule has 1 N–H and O–H groups in total. The van der Waals surface area contributed by atoms with Crippen LogP contribution in [-0.2, 0) is 4.74 Å². The van der Waals surface area contributed by atoms with E-state index in [0.717, 1.165) is 12.3 Å². The van der Waals surface area contributed by atoms with Gasteiger partial charge in [0.15, 0.2) is 0 Å². The Bertz CT molecular complexity index is 321. The molecule has 0 aliphatic rings. The lowest BCUT2D eigenvalue weighted by Gasteiger charge is -2.48. The summed E-state index contributed by atoms with van der Waals surface area (Å²) in [7, 11) is 1.95. The van der Waals surface area contributed by atoms with E-state index in [1.165, 1.54) is 0 Å². The fourth-order valence-corrected chi connectivity index (χ4v) is 2.95. The molecule has 1 unspecified atom stereocenters. The second-order valence-electron chi connectivity index (χ2n) is 8.55. The van der Waals surface area contributed by atoms with E-state index in [4.69, 9.17) is 4.74 Å². The van der Waals surface area contributed by atoms with Crippen molar-refractivity contribution >= 4 is 0 Å². The van der Waals surface area contributed by atoms with Crippen molar-refractivity contribution in [2.45, 2.75) is 67.9 Å². The number of allylic oxidation sites excluding steroid dienone is 1. The van der Waals surface area contributed by atoms with E-state index in [0.29, 0.717) is 11.8 Å². The van der Waals surface area contributed by atoms with E-state index < -0.39 is 0 Å². The Balaban J connectivity index is 5.27. The first-order valence-electron chi connectivity index (χ1n) is 7.78. The fraction of sp³-hybridized carbons (Fsp3) is 0.889. The molecular weight excluding hydrogens is 246 g/mol. The summed E-state index contributed by atoms with van der Waals surface area (Å²) in [6, 6.07) is 0. The zero-order valence-corrected chi connectivity index (χ0v) is 15.5. The van der Waals surface area contributed by atoms with E-state index in [-0.39, 0.29) is 16.4 Å². The lowest BCUT2D eigenvalue weighted by Crippen LogP contribution is -2.43. The molecule has 0 amide bonds. The Labute approximate surface area is 127 Å². The zero-order valence-electron chi connectivity index (χ0n) is 15.5. The van der Waals surface area contributed by atoms with Crippen LogP contribution in [0.5, 0.6) is 0 Å². The largest absolute Gasteiger partial charge is 0.491 e. The van der Waals surface area contributed by atoms with Crippen molar-refractivity contribution in [1.82, 2.24) is 5.32 Å². The Morgan fingerprint density at radius 2 is 1.50 bits per heavy atom. The minimum Gasteiger partial charge on any atom is -0.491 e. The normalized spacial score (nSPS) is 15.3. The topological polar surface area (TPSA) is 21.3 Å². The van der Waals surface area contributed by atoms with Crippen molar-refractivity contribution < 1.29 is 4.74 Å². The Morgan fingerprint density at radius 3 is 1.80 bits per heavy atom. The second kappa shape index (κ2) is 6.51. The molecule has 0 saturated heterocycles. The molecule has 0 radical (unpaired) electrons. The summed E-state index contributed by atoms with van der Waals surface area (Å²) in [6.45, 7) is 25.4. The lowest BCUT2D eigenvalue weighted by molar-refractivity contribution is -0.0360. The molecule has 20 heavy (non-hydrogen) atoms. The summed E-state index contributed by atoms with van der Waals surface area (Å²) in [5.74, 6) is 1.75. The van der Waals surface area contributed by atoms with Crippen molar-refractivity contribution in [3.63, 3.8) is 0 Å². The third kappa shape index (κ3) is 4.80. The molecule has 0 aliphatic carbocycles. The van der Waals surface area contributed by atoms with Crippen molar-refractivity contribution in [3.8, 4) is 0 Å². The number of hydrogen-bond donors (Lipinski definition) is 1. The standard InChI is InChI=1S/C18H37NO/c1-13(2)15(18(9,10)16(4,5)6)14(3)20-17(7,8)12-19-11/h13,15,19H,3,12H2,1-2,4-11H3. The van der Waals surface area contributed by atoms with Crippen LogP contribution < -0.4 is 5.32 Å². The molecular formula is C18H37NO. The van der Waals surface area contributed by atoms with Gasteiger partial charge in [-0.2, -0.15) is 0 Å². The predicted octanol–water partition coefficient (Wildman–Crippen LogP) is 4.86. The van der Waals surface area contributed by atoms with Crippen molar-refractivity contribution in [2.24, 2.45) is 22.7 Å². The SMILES string of the molecule is C=C(OC(C)(C)CNC)C(C(C)C)C(C)(C)C(C)(C)C. The average Bonchev–Trinajstić information content (AvgIpc) is 2.12. The fourth-order valence-electron chi connectivity index (χ4n) is 2.95. The highest BCUT2D eigenvalue weighted by molar-refractivity contribution is 5.05. The van der Waals surface area contributed by atoms with E-state index in [1.807, 2.05) is 7.05 Å². The minimum absolute atomic E-state index is 0.119. The van der Waals surface area contributed by atoms with Crippen LogP contribution in [0.25, 0.3) is 0 Å². The summed E-state index contributed by atoms with van der Waals surface area (Å²) >= 11 is 0. The first kappa shape index (κ1) is 19.5. The molecule has 0 rings (SSSR count). The van der Waals surface area contributed by atoms with Crippen LogP contribution in [0.1, 0.15) is 62.3 Å². The predicted molar refractivity (Wildman–Crippen MR) is 89.8 cm³/mol. The summed E-state index contributed by atoms with van der Waals surface area (Å²) in [5, 5.41) is 3.18. The molecule has 0 aromatic rings. The summed E-state index contributed by atoms with van der Waals surface area (Å²) in [4.78, 5) is 0. The van der Waals surface area contributed by atoms with Crippen LogP contribution in [0.15, 0.2) is 12.3 Å². The first-order chi connectivity index (χ1) is 8.76. The van der Waals surface area contributed by atoms with Gasteiger partial charge in [-0.05, 0) is 37.6 Å². The van der Waals surface area contributed by atoms with Crippen molar-refractivity contribution in [3.05, 3.63) is 12.3 Å². The van der Waals surface area contributed by atoms with Gasteiger partial charge in [0.05, 0.1) is 5.76 Å². The maximum absolute atomic E-state index is 6.23. The third-order valence-electron chi connectivity index (χ3n) is 4.73. The number of nitrogens with one attached hydrogen (secondary N) is 1. The van der Waals surface area contributed by atoms with E-state index in [1.54, 1.807) is 0 Å². The van der Waals surface area contributed by atoms with Gasteiger partial charge in [0, 0.05) is 12.5 Å². The van der Waals surface area contributed by atoms with Gasteiger partial charge in [0.1, 0.15) is 5.60 Å². The van der Waals surface area contributed by atoms with Crippen molar-refractivity contribution in [2.75, 3.05) is 13.6 Å². The van der Waals surface area contributed by atoms with Crippen LogP contribution >= 0.6 is 0 Å². The zero-order chi connectivity index (χ0) is 16.4. The van der Waals surface area contributed by atoms with Gasteiger partial charge in [0.25, 0.3) is 0 Å². The highest BCUT2D eigenvalue weighted by Crippen LogP contribution is 2.50. The molecule has 0 saturated carbocycles. The van der Waals surface area contributed by atoms with Gasteiger partial charge in [-0.3, -0.25) is 0 Å². The quantitative estimate of drug-likeness (QED) is 0.674. The molecule has 0 fully saturated rings. The van der Waals surface area contributed by atoms with E-state index in [9.17, 15) is 0 Å². The maximum Gasteiger partial charge on any atom is 0.115 e. The molecule has 120 valence electrons. The number of rotatable bonds is 7. The molecule has 0 aliphatic heterocycles. The molecule has 1 atom stereocenters. The summed E-state index contributed by atoms with van der Waals surface area (Å²) in [6.07, 6.45) is 0. The Kier molecular flexibility index (Phi) is 6.35. The maximum atomic E-state index is 6.23. The van der Waals surface area contributed by atoms with Gasteiger partial charge >= 0.3 is 0 Å². The van der Waals surface area contributed by atoms with Crippen LogP contribution in [0.4, 0.5) is 0 Å². The molecule has 0 aromatic carbocycles.